The van der Waals surface area contributed by atoms with E-state index >= 15 is 0 Å². The molecule has 2 aliphatic rings. The van der Waals surface area contributed by atoms with E-state index in [1.807, 2.05) is 0 Å². The molecule has 2 rings (SSSR count). The van der Waals surface area contributed by atoms with E-state index in [4.69, 9.17) is 0 Å². The number of thioether (sulfide) groups is 2. The average molecular weight is 202 g/mol. The maximum Gasteiger partial charge on any atom is 0.00477 e. The maximum atomic E-state index is 2.22. The van der Waals surface area contributed by atoms with Gasteiger partial charge in [-0.15, -0.1) is 0 Å². The summed E-state index contributed by atoms with van der Waals surface area (Å²) >= 11 is 4.43. The number of hydrogen-bond donors (Lipinski definition) is 0. The zero-order valence-electron chi connectivity index (χ0n) is 7.63. The second kappa shape index (κ2) is 4.80. The summed E-state index contributed by atoms with van der Waals surface area (Å²) in [5.74, 6) is 2.87. The zero-order valence-corrected chi connectivity index (χ0v) is 9.26. The molecule has 2 saturated heterocycles. The van der Waals surface area contributed by atoms with Gasteiger partial charge in [-0.05, 0) is 50.0 Å². The van der Waals surface area contributed by atoms with Gasteiger partial charge in [0, 0.05) is 10.5 Å². The molecule has 0 N–H and O–H groups in total. The van der Waals surface area contributed by atoms with Gasteiger partial charge in [0.15, 0.2) is 0 Å². The third-order valence-corrected chi connectivity index (χ3v) is 5.79. The van der Waals surface area contributed by atoms with E-state index < -0.39 is 0 Å². The van der Waals surface area contributed by atoms with E-state index in [-0.39, 0.29) is 0 Å². The van der Waals surface area contributed by atoms with Crippen LogP contribution in [0.1, 0.15) is 38.5 Å². The van der Waals surface area contributed by atoms with Crippen LogP contribution in [0.15, 0.2) is 0 Å². The summed E-state index contributed by atoms with van der Waals surface area (Å²) in [6.45, 7) is 0. The van der Waals surface area contributed by atoms with Crippen molar-refractivity contribution in [3.8, 4) is 0 Å². The molecule has 2 heteroatoms. The van der Waals surface area contributed by atoms with Crippen molar-refractivity contribution < 1.29 is 0 Å². The van der Waals surface area contributed by atoms with Gasteiger partial charge in [-0.2, -0.15) is 23.5 Å². The van der Waals surface area contributed by atoms with E-state index in [0.29, 0.717) is 0 Å². The topological polar surface area (TPSA) is 0 Å². The van der Waals surface area contributed by atoms with Crippen LogP contribution < -0.4 is 0 Å². The minimum Gasteiger partial charge on any atom is -0.159 e. The lowest BCUT2D eigenvalue weighted by molar-refractivity contribution is 0.635. The van der Waals surface area contributed by atoms with Crippen molar-refractivity contribution in [1.82, 2.24) is 0 Å². The molecule has 0 amide bonds. The molecule has 2 fully saturated rings. The Morgan fingerprint density at radius 1 is 0.833 bits per heavy atom. The summed E-state index contributed by atoms with van der Waals surface area (Å²) in [4.78, 5) is 0. The van der Waals surface area contributed by atoms with E-state index in [1.54, 1.807) is 0 Å². The summed E-state index contributed by atoms with van der Waals surface area (Å²) in [5.41, 5.74) is 0. The second-order valence-corrected chi connectivity index (χ2v) is 6.66. The number of hydrogen-bond acceptors (Lipinski definition) is 2. The molecule has 12 heavy (non-hydrogen) atoms. The SMILES string of the molecule is C1CS[C@@H](CC[C@H]2CCCS2)C1. The minimum atomic E-state index is 1.03. The second-order valence-electron chi connectivity index (χ2n) is 3.85. The highest BCUT2D eigenvalue weighted by molar-refractivity contribution is 8.00. The Balaban J connectivity index is 1.60. The number of rotatable bonds is 3. The molecule has 0 nitrogen and oxygen atoms in total. The lowest BCUT2D eigenvalue weighted by Crippen LogP contribution is -2.03. The van der Waals surface area contributed by atoms with E-state index in [2.05, 4.69) is 23.5 Å². The Labute approximate surface area is 84.3 Å². The third kappa shape index (κ3) is 2.59. The van der Waals surface area contributed by atoms with E-state index in [1.165, 1.54) is 50.0 Å². The van der Waals surface area contributed by atoms with Gasteiger partial charge in [0.25, 0.3) is 0 Å². The fourth-order valence-electron chi connectivity index (χ4n) is 2.12. The molecule has 2 aliphatic heterocycles. The molecular weight excluding hydrogens is 184 g/mol. The smallest absolute Gasteiger partial charge is 0.00477 e. The van der Waals surface area contributed by atoms with Gasteiger partial charge in [-0.1, -0.05) is 0 Å². The summed E-state index contributed by atoms with van der Waals surface area (Å²) < 4.78 is 0. The Kier molecular flexibility index (Phi) is 3.71. The molecule has 0 aromatic heterocycles. The van der Waals surface area contributed by atoms with E-state index in [9.17, 15) is 0 Å². The van der Waals surface area contributed by atoms with Gasteiger partial charge in [-0.25, -0.2) is 0 Å². The summed E-state index contributed by atoms with van der Waals surface area (Å²) in [6.07, 6.45) is 8.97. The van der Waals surface area contributed by atoms with Crippen molar-refractivity contribution in [2.75, 3.05) is 11.5 Å². The van der Waals surface area contributed by atoms with Crippen LogP contribution in [-0.4, -0.2) is 22.0 Å². The molecular formula is C10H18S2. The Morgan fingerprint density at radius 2 is 1.33 bits per heavy atom. The van der Waals surface area contributed by atoms with Gasteiger partial charge in [0.2, 0.25) is 0 Å². The summed E-state index contributed by atoms with van der Waals surface area (Å²) in [6, 6.07) is 0. The molecule has 0 radical (unpaired) electrons. The molecule has 0 aliphatic carbocycles. The standard InChI is InChI=1S/C10H18S2/c1-3-9(11-7-1)5-6-10-4-2-8-12-10/h9-10H,1-8H2/t9-,10-/m1/s1. The van der Waals surface area contributed by atoms with Gasteiger partial charge >= 0.3 is 0 Å². The van der Waals surface area contributed by atoms with Crippen molar-refractivity contribution in [2.24, 2.45) is 0 Å². The van der Waals surface area contributed by atoms with Crippen LogP contribution in [-0.2, 0) is 0 Å². The quantitative estimate of drug-likeness (QED) is 0.686. The van der Waals surface area contributed by atoms with Crippen LogP contribution in [0.2, 0.25) is 0 Å². The first-order valence-corrected chi connectivity index (χ1v) is 7.28. The monoisotopic (exact) mass is 202 g/mol. The molecule has 0 aromatic carbocycles. The first kappa shape index (κ1) is 9.26. The molecule has 70 valence electrons. The van der Waals surface area contributed by atoms with Crippen molar-refractivity contribution >= 4 is 23.5 Å². The highest BCUT2D eigenvalue weighted by atomic mass is 32.2. The predicted octanol–water partition coefficient (Wildman–Crippen LogP) is 3.56. The summed E-state index contributed by atoms with van der Waals surface area (Å²) in [5, 5.41) is 2.07. The van der Waals surface area contributed by atoms with Gasteiger partial charge in [-0.3, -0.25) is 0 Å². The predicted molar refractivity (Wildman–Crippen MR) is 60.2 cm³/mol. The fourth-order valence-corrected chi connectivity index (χ4v) is 4.72. The largest absolute Gasteiger partial charge is 0.159 e. The van der Waals surface area contributed by atoms with E-state index in [0.717, 1.165) is 10.5 Å². The van der Waals surface area contributed by atoms with Crippen LogP contribution >= 0.6 is 23.5 Å². The van der Waals surface area contributed by atoms with Gasteiger partial charge in [0.1, 0.15) is 0 Å². The molecule has 0 unspecified atom stereocenters. The zero-order chi connectivity index (χ0) is 8.23. The van der Waals surface area contributed by atoms with Crippen LogP contribution in [0.4, 0.5) is 0 Å². The highest BCUT2D eigenvalue weighted by Gasteiger charge is 2.20. The lowest BCUT2D eigenvalue weighted by Gasteiger charge is -2.11. The van der Waals surface area contributed by atoms with Crippen LogP contribution in [0.5, 0.6) is 0 Å². The first-order valence-electron chi connectivity index (χ1n) is 5.18. The molecule has 2 heterocycles. The molecule has 0 bridgehead atoms. The van der Waals surface area contributed by atoms with Crippen LogP contribution in [0.25, 0.3) is 0 Å². The summed E-state index contributed by atoms with van der Waals surface area (Å²) in [7, 11) is 0. The molecule has 0 spiro atoms. The molecule has 0 saturated carbocycles. The molecule has 2 atom stereocenters. The van der Waals surface area contributed by atoms with Gasteiger partial charge in [0.05, 0.1) is 0 Å². The lowest BCUT2D eigenvalue weighted by atomic mass is 10.1. The maximum absolute atomic E-state index is 2.22. The third-order valence-electron chi connectivity index (χ3n) is 2.86. The van der Waals surface area contributed by atoms with Crippen molar-refractivity contribution in [3.63, 3.8) is 0 Å². The average Bonchev–Trinajstić information content (AvgIpc) is 2.74. The van der Waals surface area contributed by atoms with Crippen LogP contribution in [0.3, 0.4) is 0 Å². The van der Waals surface area contributed by atoms with Gasteiger partial charge < -0.3 is 0 Å². The van der Waals surface area contributed by atoms with Crippen molar-refractivity contribution in [2.45, 2.75) is 49.0 Å². The minimum absolute atomic E-state index is 1.03. The normalized spacial score (nSPS) is 36.0. The highest BCUT2D eigenvalue weighted by Crippen LogP contribution is 2.34. The van der Waals surface area contributed by atoms with Crippen molar-refractivity contribution in [1.29, 1.82) is 0 Å². The Hall–Kier alpha value is 0.700. The first-order chi connectivity index (χ1) is 5.95. The van der Waals surface area contributed by atoms with Crippen LogP contribution in [0, 0.1) is 0 Å². The Bertz CT molecular complexity index is 108. The Morgan fingerprint density at radius 3 is 1.67 bits per heavy atom. The fraction of sp³-hybridized carbons (Fsp3) is 1.00. The molecule has 0 aromatic rings. The van der Waals surface area contributed by atoms with Crippen molar-refractivity contribution in [3.05, 3.63) is 0 Å².